The van der Waals surface area contributed by atoms with Crippen LogP contribution in [0.25, 0.3) is 0 Å². The number of carbonyl (C=O) groups is 1. The number of rotatable bonds is 2. The van der Waals surface area contributed by atoms with E-state index in [0.717, 1.165) is 6.08 Å². The van der Waals surface area contributed by atoms with Gasteiger partial charge in [0.25, 0.3) is 0 Å². The highest BCUT2D eigenvalue weighted by Crippen LogP contribution is 2.21. The Bertz CT molecular complexity index is 323. The summed E-state index contributed by atoms with van der Waals surface area (Å²) in [4.78, 5) is 20.4. The second kappa shape index (κ2) is 4.01. The molecule has 13 heavy (non-hydrogen) atoms. The van der Waals surface area contributed by atoms with Gasteiger partial charge >= 0.3 is 4.61 Å². The lowest BCUT2D eigenvalue weighted by Crippen LogP contribution is -2.05. The van der Waals surface area contributed by atoms with Crippen LogP contribution in [0.4, 0.5) is 0 Å². The maximum absolute atomic E-state index is 10.9. The zero-order chi connectivity index (χ0) is 10.0. The van der Waals surface area contributed by atoms with Crippen molar-refractivity contribution >= 4 is 37.6 Å². The van der Waals surface area contributed by atoms with Gasteiger partial charge in [0.2, 0.25) is 10.8 Å². The Hall–Kier alpha value is -0.690. The summed E-state index contributed by atoms with van der Waals surface area (Å²) in [6.07, 6.45) is 2.31. The standard InChI is InChI=1S/C6H3Br2NO4/c7-5(9(11)12)2-3-1-4(10)6(8)13-3/h1-2,6H. The third-order valence-corrected chi connectivity index (χ3v) is 2.34. The van der Waals surface area contributed by atoms with E-state index in [9.17, 15) is 14.9 Å². The average molecular weight is 313 g/mol. The first-order valence-corrected chi connectivity index (χ1v) is 4.79. The topological polar surface area (TPSA) is 69.4 Å². The van der Waals surface area contributed by atoms with Crippen molar-refractivity contribution in [2.75, 3.05) is 0 Å². The second-order valence-electron chi connectivity index (χ2n) is 2.11. The number of hydrogen-bond acceptors (Lipinski definition) is 4. The van der Waals surface area contributed by atoms with Crippen LogP contribution in [-0.2, 0) is 9.53 Å². The van der Waals surface area contributed by atoms with Crippen molar-refractivity contribution in [1.29, 1.82) is 0 Å². The van der Waals surface area contributed by atoms with Gasteiger partial charge in [0.1, 0.15) is 5.76 Å². The van der Waals surface area contributed by atoms with Crippen LogP contribution in [0.5, 0.6) is 0 Å². The molecule has 70 valence electrons. The molecule has 0 saturated heterocycles. The largest absolute Gasteiger partial charge is 0.471 e. The van der Waals surface area contributed by atoms with Crippen molar-refractivity contribution in [2.45, 2.75) is 5.01 Å². The van der Waals surface area contributed by atoms with Crippen molar-refractivity contribution in [3.8, 4) is 0 Å². The lowest BCUT2D eigenvalue weighted by Gasteiger charge is -1.99. The molecule has 0 aromatic heterocycles. The van der Waals surface area contributed by atoms with Gasteiger partial charge in [-0.1, -0.05) is 0 Å². The van der Waals surface area contributed by atoms with Crippen LogP contribution in [0.1, 0.15) is 0 Å². The van der Waals surface area contributed by atoms with Crippen LogP contribution in [0.3, 0.4) is 0 Å². The van der Waals surface area contributed by atoms with Gasteiger partial charge in [-0.15, -0.1) is 0 Å². The molecule has 1 aliphatic heterocycles. The normalized spacial score (nSPS) is 22.6. The number of nitrogens with zero attached hydrogens (tertiary/aromatic N) is 1. The van der Waals surface area contributed by atoms with Crippen LogP contribution in [-0.4, -0.2) is 15.7 Å². The lowest BCUT2D eigenvalue weighted by atomic mass is 10.4. The Morgan fingerprint density at radius 3 is 2.77 bits per heavy atom. The lowest BCUT2D eigenvalue weighted by molar-refractivity contribution is -0.409. The Labute approximate surface area is 89.8 Å². The van der Waals surface area contributed by atoms with E-state index in [1.807, 2.05) is 0 Å². The first-order valence-electron chi connectivity index (χ1n) is 3.08. The average Bonchev–Trinajstić information content (AvgIpc) is 2.31. The van der Waals surface area contributed by atoms with Gasteiger partial charge in [-0.05, 0) is 15.9 Å². The predicted molar refractivity (Wildman–Crippen MR) is 50.9 cm³/mol. The molecule has 0 aromatic rings. The Kier molecular flexibility index (Phi) is 3.21. The summed E-state index contributed by atoms with van der Waals surface area (Å²) in [6.45, 7) is 0. The van der Waals surface area contributed by atoms with Gasteiger partial charge < -0.3 is 4.74 Å². The van der Waals surface area contributed by atoms with E-state index in [4.69, 9.17) is 4.74 Å². The van der Waals surface area contributed by atoms with Crippen molar-refractivity contribution in [2.24, 2.45) is 0 Å². The predicted octanol–water partition coefficient (Wildman–Crippen LogP) is 1.70. The van der Waals surface area contributed by atoms with Crippen LogP contribution in [0, 0.1) is 10.1 Å². The SMILES string of the molecule is O=C1C=C(C=C(Br)[N+](=O)[O-])OC1Br. The van der Waals surface area contributed by atoms with Gasteiger partial charge in [0, 0.05) is 22.0 Å². The maximum Gasteiger partial charge on any atom is 0.314 e. The minimum absolute atomic E-state index is 0.162. The van der Waals surface area contributed by atoms with Gasteiger partial charge in [0.05, 0.1) is 11.0 Å². The van der Waals surface area contributed by atoms with Crippen molar-refractivity contribution < 1.29 is 14.5 Å². The fourth-order valence-electron chi connectivity index (χ4n) is 0.663. The highest BCUT2D eigenvalue weighted by atomic mass is 79.9. The third kappa shape index (κ3) is 2.63. The number of ether oxygens (including phenoxy) is 1. The summed E-state index contributed by atoms with van der Waals surface area (Å²) in [5, 5.41) is 9.43. The molecule has 0 amide bonds. The Balaban J connectivity index is 2.78. The first-order chi connectivity index (χ1) is 6.00. The van der Waals surface area contributed by atoms with Crippen LogP contribution >= 0.6 is 31.9 Å². The molecule has 0 bridgehead atoms. The molecule has 1 heterocycles. The summed E-state index contributed by atoms with van der Waals surface area (Å²) >= 11 is 5.64. The first kappa shape index (κ1) is 10.4. The summed E-state index contributed by atoms with van der Waals surface area (Å²) in [6, 6.07) is 0. The minimum atomic E-state index is -0.731. The highest BCUT2D eigenvalue weighted by molar-refractivity contribution is 9.11. The van der Waals surface area contributed by atoms with Crippen molar-refractivity contribution in [3.63, 3.8) is 0 Å². The maximum atomic E-state index is 10.9. The number of carbonyl (C=O) groups excluding carboxylic acids is 1. The molecule has 1 unspecified atom stereocenters. The third-order valence-electron chi connectivity index (χ3n) is 1.18. The van der Waals surface area contributed by atoms with Gasteiger partial charge in [-0.3, -0.25) is 14.9 Å². The van der Waals surface area contributed by atoms with E-state index < -0.39 is 9.94 Å². The summed E-state index contributed by atoms with van der Waals surface area (Å²) in [5.41, 5.74) is 0. The molecule has 1 rings (SSSR count). The molecule has 0 radical (unpaired) electrons. The molecule has 0 aromatic carbocycles. The molecule has 0 saturated carbocycles. The van der Waals surface area contributed by atoms with Crippen LogP contribution in [0.2, 0.25) is 0 Å². The van der Waals surface area contributed by atoms with Gasteiger partial charge in [0.15, 0.2) is 0 Å². The summed E-state index contributed by atoms with van der Waals surface area (Å²) in [7, 11) is 0. The number of hydrogen-bond donors (Lipinski definition) is 0. The zero-order valence-corrected chi connectivity index (χ0v) is 9.24. The monoisotopic (exact) mass is 311 g/mol. The van der Waals surface area contributed by atoms with E-state index in [2.05, 4.69) is 31.9 Å². The van der Waals surface area contributed by atoms with Gasteiger partial charge in [-0.2, -0.15) is 0 Å². The molecule has 0 N–H and O–H groups in total. The minimum Gasteiger partial charge on any atom is -0.471 e. The zero-order valence-electron chi connectivity index (χ0n) is 6.07. The highest BCUT2D eigenvalue weighted by Gasteiger charge is 2.24. The Morgan fingerprint density at radius 1 is 1.77 bits per heavy atom. The molecular weight excluding hydrogens is 310 g/mol. The summed E-state index contributed by atoms with van der Waals surface area (Å²) in [5.74, 6) is -0.106. The molecule has 0 spiro atoms. The van der Waals surface area contributed by atoms with Crippen molar-refractivity contribution in [1.82, 2.24) is 0 Å². The molecular formula is C6H3Br2NO4. The number of alkyl halides is 1. The molecule has 7 heteroatoms. The van der Waals surface area contributed by atoms with Crippen molar-refractivity contribution in [3.05, 3.63) is 32.6 Å². The van der Waals surface area contributed by atoms with Crippen LogP contribution < -0.4 is 0 Å². The summed E-state index contributed by atoms with van der Waals surface area (Å²) < 4.78 is 4.66. The molecule has 5 nitrogen and oxygen atoms in total. The fraction of sp³-hybridized carbons (Fsp3) is 0.167. The number of halogens is 2. The quantitative estimate of drug-likeness (QED) is 0.337. The number of ketones is 1. The Morgan fingerprint density at radius 2 is 2.38 bits per heavy atom. The van der Waals surface area contributed by atoms with E-state index in [-0.39, 0.29) is 16.1 Å². The van der Waals surface area contributed by atoms with E-state index in [1.54, 1.807) is 0 Å². The smallest absolute Gasteiger partial charge is 0.314 e. The number of nitro groups is 1. The fourth-order valence-corrected chi connectivity index (χ4v) is 1.24. The molecule has 0 aliphatic carbocycles. The molecule has 0 fully saturated rings. The van der Waals surface area contributed by atoms with E-state index in [0.29, 0.717) is 0 Å². The van der Waals surface area contributed by atoms with E-state index in [1.165, 1.54) is 6.08 Å². The molecule has 1 atom stereocenters. The van der Waals surface area contributed by atoms with Crippen LogP contribution in [0.15, 0.2) is 22.5 Å². The van der Waals surface area contributed by atoms with Gasteiger partial charge in [-0.25, -0.2) is 0 Å². The second-order valence-corrected chi connectivity index (χ2v) is 3.75. The molecule has 1 aliphatic rings. The van der Waals surface area contributed by atoms with E-state index >= 15 is 0 Å². The number of allylic oxidation sites excluding steroid dienone is 1.